The summed E-state index contributed by atoms with van der Waals surface area (Å²) in [4.78, 5) is -0.104. The fraction of sp³-hybridized carbons (Fsp3) is 0. The topological polar surface area (TPSA) is 54.4 Å². The summed E-state index contributed by atoms with van der Waals surface area (Å²) in [5.41, 5.74) is 0.808. The summed E-state index contributed by atoms with van der Waals surface area (Å²) in [5, 5.41) is 0. The van der Waals surface area contributed by atoms with Crippen LogP contribution in [0.4, 0.5) is 0 Å². The van der Waals surface area contributed by atoms with Crippen LogP contribution >= 0.6 is 0 Å². The van der Waals surface area contributed by atoms with Crippen LogP contribution in [0.2, 0.25) is 0 Å². The van der Waals surface area contributed by atoms with Gasteiger partial charge in [0.05, 0.1) is 4.90 Å². The molecule has 0 saturated carbocycles. The molecule has 0 fully saturated rings. The second-order valence-corrected chi connectivity index (χ2v) is 3.67. The third-order valence-corrected chi connectivity index (χ3v) is 2.28. The molecule has 13 heavy (non-hydrogen) atoms. The molecule has 0 saturated heterocycles. The molecule has 0 aliphatic heterocycles. The standard InChI is InChI=1S/C8H8O3S.Rb.H/c1-2-7-3-5-8(6-4-7)12(9,10)11;;/h2-6H,1H2,(H,9,10,11);;/q;+1;-1. The number of hydrogen-bond acceptors (Lipinski definition) is 2. The summed E-state index contributed by atoms with van der Waals surface area (Å²) in [6, 6.07) is 5.78. The van der Waals surface area contributed by atoms with E-state index in [1.54, 1.807) is 18.2 Å². The molecule has 3 nitrogen and oxygen atoms in total. The summed E-state index contributed by atoms with van der Waals surface area (Å²) in [6.07, 6.45) is 1.59. The Morgan fingerprint density at radius 3 is 2.08 bits per heavy atom. The summed E-state index contributed by atoms with van der Waals surface area (Å²) in [5.74, 6) is 0. The number of benzene rings is 1. The third-order valence-electron chi connectivity index (χ3n) is 1.41. The maximum Gasteiger partial charge on any atom is 1.00 e. The first-order valence-corrected chi connectivity index (χ1v) is 4.68. The molecule has 66 valence electrons. The Morgan fingerprint density at radius 2 is 1.77 bits per heavy atom. The van der Waals surface area contributed by atoms with Gasteiger partial charge in [0.1, 0.15) is 0 Å². The van der Waals surface area contributed by atoms with E-state index in [2.05, 4.69) is 6.58 Å². The zero-order chi connectivity index (χ0) is 9.19. The Balaban J connectivity index is 0. The van der Waals surface area contributed by atoms with Crippen LogP contribution in [0.15, 0.2) is 35.7 Å². The van der Waals surface area contributed by atoms with Gasteiger partial charge in [-0.15, -0.1) is 0 Å². The van der Waals surface area contributed by atoms with Crippen molar-refractivity contribution in [3.05, 3.63) is 36.4 Å². The normalized spacial score (nSPS) is 10.2. The van der Waals surface area contributed by atoms with Gasteiger partial charge in [-0.1, -0.05) is 24.8 Å². The maximum absolute atomic E-state index is 10.6. The fourth-order valence-corrected chi connectivity index (χ4v) is 1.26. The first-order valence-electron chi connectivity index (χ1n) is 3.24. The molecule has 0 aliphatic rings. The summed E-state index contributed by atoms with van der Waals surface area (Å²) in [7, 11) is -4.06. The average Bonchev–Trinajstić information content (AvgIpc) is 2.03. The fourth-order valence-electron chi connectivity index (χ4n) is 0.776. The predicted molar refractivity (Wildman–Crippen MR) is 47.5 cm³/mol. The van der Waals surface area contributed by atoms with Crippen LogP contribution in [-0.2, 0) is 10.1 Å². The van der Waals surface area contributed by atoms with Crippen LogP contribution < -0.4 is 58.2 Å². The van der Waals surface area contributed by atoms with Crippen molar-refractivity contribution in [1.29, 1.82) is 0 Å². The molecule has 0 atom stereocenters. The van der Waals surface area contributed by atoms with E-state index in [4.69, 9.17) is 4.55 Å². The minimum atomic E-state index is -4.06. The zero-order valence-electron chi connectivity index (χ0n) is 8.27. The van der Waals surface area contributed by atoms with E-state index in [9.17, 15) is 8.42 Å². The quantitative estimate of drug-likeness (QED) is 0.679. The van der Waals surface area contributed by atoms with Gasteiger partial charge < -0.3 is 1.43 Å². The van der Waals surface area contributed by atoms with E-state index in [1.807, 2.05) is 0 Å². The molecule has 0 radical (unpaired) electrons. The second kappa shape index (κ2) is 5.53. The van der Waals surface area contributed by atoms with Gasteiger partial charge in [-0.05, 0) is 17.7 Å². The summed E-state index contributed by atoms with van der Waals surface area (Å²) < 4.78 is 29.7. The molecule has 0 heterocycles. The molecule has 5 heteroatoms. The molecule has 0 aromatic heterocycles. The van der Waals surface area contributed by atoms with E-state index in [1.165, 1.54) is 12.1 Å². The van der Waals surface area contributed by atoms with Crippen LogP contribution in [0.3, 0.4) is 0 Å². The van der Waals surface area contributed by atoms with Gasteiger partial charge in [0, 0.05) is 0 Å². The first-order chi connectivity index (χ1) is 5.54. The summed E-state index contributed by atoms with van der Waals surface area (Å²) >= 11 is 0. The number of rotatable bonds is 2. The van der Waals surface area contributed by atoms with E-state index in [0.717, 1.165) is 5.56 Å². The molecule has 1 N–H and O–H groups in total. The van der Waals surface area contributed by atoms with Gasteiger partial charge in [-0.3, -0.25) is 4.55 Å². The third kappa shape index (κ3) is 4.14. The smallest absolute Gasteiger partial charge is 1.00 e. The second-order valence-electron chi connectivity index (χ2n) is 2.25. The van der Waals surface area contributed by atoms with Gasteiger partial charge in [0.25, 0.3) is 10.1 Å². The molecule has 0 spiro atoms. The van der Waals surface area contributed by atoms with Crippen LogP contribution in [0.25, 0.3) is 6.08 Å². The Labute approximate surface area is 128 Å². The van der Waals surface area contributed by atoms with Crippen LogP contribution in [-0.4, -0.2) is 13.0 Å². The van der Waals surface area contributed by atoms with Crippen molar-refractivity contribution in [1.82, 2.24) is 0 Å². The van der Waals surface area contributed by atoms with E-state index in [0.29, 0.717) is 0 Å². The largest absolute Gasteiger partial charge is 1.00 e. The Kier molecular flexibility index (Phi) is 5.82. The van der Waals surface area contributed by atoms with Crippen LogP contribution in [0.1, 0.15) is 6.99 Å². The molecule has 0 aliphatic carbocycles. The SMILES string of the molecule is C=Cc1ccc(S(=O)(=O)O)cc1.[H-].[Rb+]. The zero-order valence-corrected chi connectivity index (χ0v) is 13.0. The maximum atomic E-state index is 10.6. The van der Waals surface area contributed by atoms with Crippen molar-refractivity contribution in [3.8, 4) is 0 Å². The van der Waals surface area contributed by atoms with Crippen molar-refractivity contribution in [2.75, 3.05) is 0 Å². The molecule has 0 unspecified atom stereocenters. The monoisotopic (exact) mass is 270 g/mol. The van der Waals surface area contributed by atoms with E-state index in [-0.39, 0.29) is 64.5 Å². The molecular formula is C8H9O3RbS. The van der Waals surface area contributed by atoms with E-state index < -0.39 is 10.1 Å². The molecule has 1 aromatic rings. The van der Waals surface area contributed by atoms with Gasteiger partial charge in [-0.25, -0.2) is 0 Å². The van der Waals surface area contributed by atoms with Gasteiger partial charge in [0.15, 0.2) is 0 Å². The van der Waals surface area contributed by atoms with Crippen LogP contribution in [0, 0.1) is 0 Å². The van der Waals surface area contributed by atoms with Gasteiger partial charge >= 0.3 is 58.2 Å². The Bertz CT molecular complexity index is 386. The minimum Gasteiger partial charge on any atom is -1.00 e. The van der Waals surface area contributed by atoms with Crippen molar-refractivity contribution >= 4 is 16.2 Å². The Morgan fingerprint density at radius 1 is 1.31 bits per heavy atom. The van der Waals surface area contributed by atoms with Crippen molar-refractivity contribution in [2.45, 2.75) is 4.90 Å². The van der Waals surface area contributed by atoms with Crippen molar-refractivity contribution < 1.29 is 72.6 Å². The average molecular weight is 271 g/mol. The van der Waals surface area contributed by atoms with Crippen LogP contribution in [0.5, 0.6) is 0 Å². The summed E-state index contributed by atoms with van der Waals surface area (Å²) in [6.45, 7) is 3.51. The molecule has 1 rings (SSSR count). The van der Waals surface area contributed by atoms with Crippen molar-refractivity contribution in [2.24, 2.45) is 0 Å². The molecule has 0 amide bonds. The van der Waals surface area contributed by atoms with Crippen molar-refractivity contribution in [3.63, 3.8) is 0 Å². The molecule has 0 bridgehead atoms. The molecular weight excluding hydrogens is 262 g/mol. The predicted octanol–water partition coefficient (Wildman–Crippen LogP) is -1.31. The minimum absolute atomic E-state index is 0. The van der Waals surface area contributed by atoms with E-state index >= 15 is 0 Å². The number of hydrogen-bond donors (Lipinski definition) is 1. The first kappa shape index (κ1) is 13.7. The molecule has 1 aromatic carbocycles. The Hall–Kier alpha value is 0.675. The van der Waals surface area contributed by atoms with Gasteiger partial charge in [-0.2, -0.15) is 8.42 Å². The van der Waals surface area contributed by atoms with Gasteiger partial charge in [0.2, 0.25) is 0 Å².